The van der Waals surface area contributed by atoms with E-state index in [-0.39, 0.29) is 17.5 Å². The first kappa shape index (κ1) is 12.7. The van der Waals surface area contributed by atoms with Gasteiger partial charge in [-0.1, -0.05) is 32.4 Å². The molecule has 2 aliphatic carbocycles. The highest BCUT2D eigenvalue weighted by Gasteiger charge is 2.48. The van der Waals surface area contributed by atoms with E-state index in [1.54, 1.807) is 0 Å². The largest absolute Gasteiger partial charge is 0.462 e. The summed E-state index contributed by atoms with van der Waals surface area (Å²) >= 11 is 0. The van der Waals surface area contributed by atoms with Gasteiger partial charge < -0.3 is 4.74 Å². The standard InChI is InChI=1S/C15H24O2/c1-11(16)17-13-8-10-15(4)9-6-5-7-12(15)14(13,2)3/h7,13H,5-6,8-10H2,1-4H3/t13-,15-/m0/s1. The first-order valence-electron chi connectivity index (χ1n) is 6.74. The van der Waals surface area contributed by atoms with E-state index in [9.17, 15) is 4.79 Å². The van der Waals surface area contributed by atoms with E-state index in [1.807, 2.05) is 0 Å². The molecule has 0 radical (unpaired) electrons. The second-order valence-electron chi connectivity index (χ2n) is 6.43. The maximum atomic E-state index is 11.2. The summed E-state index contributed by atoms with van der Waals surface area (Å²) in [6.45, 7) is 8.35. The van der Waals surface area contributed by atoms with Crippen molar-refractivity contribution in [1.82, 2.24) is 0 Å². The Balaban J connectivity index is 2.29. The van der Waals surface area contributed by atoms with Crippen molar-refractivity contribution in [2.75, 3.05) is 0 Å². The third kappa shape index (κ3) is 2.14. The highest BCUT2D eigenvalue weighted by Crippen LogP contribution is 2.55. The molecule has 0 aliphatic heterocycles. The van der Waals surface area contributed by atoms with Crippen molar-refractivity contribution in [3.63, 3.8) is 0 Å². The highest BCUT2D eigenvalue weighted by molar-refractivity contribution is 5.66. The van der Waals surface area contributed by atoms with E-state index in [0.717, 1.165) is 12.8 Å². The van der Waals surface area contributed by atoms with Crippen LogP contribution in [0.3, 0.4) is 0 Å². The van der Waals surface area contributed by atoms with Crippen molar-refractivity contribution in [2.45, 2.75) is 65.9 Å². The van der Waals surface area contributed by atoms with Gasteiger partial charge in [-0.2, -0.15) is 0 Å². The van der Waals surface area contributed by atoms with Crippen LogP contribution in [0, 0.1) is 10.8 Å². The van der Waals surface area contributed by atoms with E-state index in [2.05, 4.69) is 26.8 Å². The predicted octanol–water partition coefficient (Wildman–Crippen LogP) is 3.85. The smallest absolute Gasteiger partial charge is 0.302 e. The van der Waals surface area contributed by atoms with Crippen LogP contribution < -0.4 is 0 Å². The van der Waals surface area contributed by atoms with Gasteiger partial charge in [-0.05, 0) is 37.5 Å². The maximum absolute atomic E-state index is 11.2. The lowest BCUT2D eigenvalue weighted by Gasteiger charge is -2.51. The lowest BCUT2D eigenvalue weighted by atomic mass is 9.56. The van der Waals surface area contributed by atoms with E-state index in [0.29, 0.717) is 5.41 Å². The Morgan fingerprint density at radius 3 is 2.71 bits per heavy atom. The average molecular weight is 236 g/mol. The normalized spacial score (nSPS) is 35.8. The fourth-order valence-electron chi connectivity index (χ4n) is 3.81. The number of carbonyl (C=O) groups excluding carboxylic acids is 1. The van der Waals surface area contributed by atoms with Gasteiger partial charge in [-0.3, -0.25) is 4.79 Å². The molecule has 0 aromatic carbocycles. The molecule has 0 aromatic heterocycles. The summed E-state index contributed by atoms with van der Waals surface area (Å²) in [5.74, 6) is -0.150. The molecule has 2 aliphatic rings. The van der Waals surface area contributed by atoms with Gasteiger partial charge in [0, 0.05) is 12.3 Å². The first-order valence-corrected chi connectivity index (χ1v) is 6.74. The minimum absolute atomic E-state index is 0.000903. The molecule has 0 heterocycles. The van der Waals surface area contributed by atoms with Gasteiger partial charge in [0.15, 0.2) is 0 Å². The van der Waals surface area contributed by atoms with Crippen molar-refractivity contribution in [3.05, 3.63) is 11.6 Å². The fourth-order valence-corrected chi connectivity index (χ4v) is 3.81. The molecule has 0 amide bonds. The van der Waals surface area contributed by atoms with Gasteiger partial charge >= 0.3 is 5.97 Å². The maximum Gasteiger partial charge on any atom is 0.302 e. The van der Waals surface area contributed by atoms with E-state index < -0.39 is 0 Å². The van der Waals surface area contributed by atoms with Crippen LogP contribution in [0.1, 0.15) is 59.8 Å². The number of fused-ring (bicyclic) bond motifs is 1. The lowest BCUT2D eigenvalue weighted by molar-refractivity contribution is -0.154. The van der Waals surface area contributed by atoms with Crippen LogP contribution in [0.4, 0.5) is 0 Å². The minimum Gasteiger partial charge on any atom is -0.462 e. The van der Waals surface area contributed by atoms with Gasteiger partial charge in [0.05, 0.1) is 0 Å². The molecule has 96 valence electrons. The molecule has 17 heavy (non-hydrogen) atoms. The Kier molecular flexibility index (Phi) is 3.09. The number of hydrogen-bond donors (Lipinski definition) is 0. The quantitative estimate of drug-likeness (QED) is 0.510. The Bertz CT molecular complexity index is 354. The molecule has 0 saturated heterocycles. The number of rotatable bonds is 1. The second kappa shape index (κ2) is 4.15. The van der Waals surface area contributed by atoms with Crippen LogP contribution in [0.5, 0.6) is 0 Å². The van der Waals surface area contributed by atoms with Gasteiger partial charge in [0.25, 0.3) is 0 Å². The summed E-state index contributed by atoms with van der Waals surface area (Å²) in [5.41, 5.74) is 1.87. The van der Waals surface area contributed by atoms with Crippen molar-refractivity contribution >= 4 is 5.97 Å². The molecular weight excluding hydrogens is 212 g/mol. The molecule has 0 unspecified atom stereocenters. The predicted molar refractivity (Wildman–Crippen MR) is 68.6 cm³/mol. The number of esters is 1. The van der Waals surface area contributed by atoms with Crippen LogP contribution in [-0.4, -0.2) is 12.1 Å². The second-order valence-corrected chi connectivity index (χ2v) is 6.43. The van der Waals surface area contributed by atoms with Crippen molar-refractivity contribution < 1.29 is 9.53 Å². The van der Waals surface area contributed by atoms with Crippen molar-refractivity contribution in [2.24, 2.45) is 10.8 Å². The molecule has 2 heteroatoms. The Morgan fingerprint density at radius 2 is 2.06 bits per heavy atom. The van der Waals surface area contributed by atoms with Gasteiger partial charge in [-0.15, -0.1) is 0 Å². The Morgan fingerprint density at radius 1 is 1.35 bits per heavy atom. The topological polar surface area (TPSA) is 26.3 Å². The molecule has 0 N–H and O–H groups in total. The van der Waals surface area contributed by atoms with Gasteiger partial charge in [0.1, 0.15) is 6.10 Å². The van der Waals surface area contributed by atoms with Gasteiger partial charge in [0.2, 0.25) is 0 Å². The van der Waals surface area contributed by atoms with Crippen LogP contribution in [0.15, 0.2) is 11.6 Å². The molecular formula is C15H24O2. The third-order valence-corrected chi connectivity index (χ3v) is 4.70. The SMILES string of the molecule is CC(=O)O[C@H]1CC[C@]2(C)CCCC=C2C1(C)C. The summed E-state index contributed by atoms with van der Waals surface area (Å²) in [7, 11) is 0. The summed E-state index contributed by atoms with van der Waals surface area (Å²) in [6.07, 6.45) is 8.38. The number of carbonyl (C=O) groups is 1. The number of ether oxygens (including phenoxy) is 1. The van der Waals surface area contributed by atoms with Crippen LogP contribution in [-0.2, 0) is 9.53 Å². The molecule has 2 atom stereocenters. The van der Waals surface area contributed by atoms with Gasteiger partial charge in [-0.25, -0.2) is 0 Å². The molecule has 2 rings (SSSR count). The van der Waals surface area contributed by atoms with Crippen molar-refractivity contribution in [1.29, 1.82) is 0 Å². The third-order valence-electron chi connectivity index (χ3n) is 4.70. The van der Waals surface area contributed by atoms with E-state index >= 15 is 0 Å². The molecule has 1 fully saturated rings. The average Bonchev–Trinajstić information content (AvgIpc) is 2.22. The van der Waals surface area contributed by atoms with E-state index in [1.165, 1.54) is 31.8 Å². The summed E-state index contributed by atoms with van der Waals surface area (Å²) in [4.78, 5) is 11.2. The molecule has 2 nitrogen and oxygen atoms in total. The van der Waals surface area contributed by atoms with Crippen molar-refractivity contribution in [3.8, 4) is 0 Å². The fraction of sp³-hybridized carbons (Fsp3) is 0.800. The number of hydrogen-bond acceptors (Lipinski definition) is 2. The number of allylic oxidation sites excluding steroid dienone is 1. The first-order chi connectivity index (χ1) is 7.86. The monoisotopic (exact) mass is 236 g/mol. The molecule has 1 saturated carbocycles. The molecule has 0 bridgehead atoms. The van der Waals surface area contributed by atoms with Crippen LogP contribution in [0.25, 0.3) is 0 Å². The minimum atomic E-state index is -0.150. The Hall–Kier alpha value is -0.790. The highest BCUT2D eigenvalue weighted by atomic mass is 16.5. The lowest BCUT2D eigenvalue weighted by Crippen LogP contribution is -2.46. The zero-order valence-corrected chi connectivity index (χ0v) is 11.5. The van der Waals surface area contributed by atoms with Crippen LogP contribution >= 0.6 is 0 Å². The molecule has 0 aromatic rings. The summed E-state index contributed by atoms with van der Waals surface area (Å²) < 4.78 is 5.52. The Labute approximate surface area is 104 Å². The zero-order valence-electron chi connectivity index (χ0n) is 11.5. The van der Waals surface area contributed by atoms with Crippen LogP contribution in [0.2, 0.25) is 0 Å². The summed E-state index contributed by atoms with van der Waals surface area (Å²) in [6, 6.07) is 0. The van der Waals surface area contributed by atoms with E-state index in [4.69, 9.17) is 4.74 Å². The zero-order chi connectivity index (χ0) is 12.7. The summed E-state index contributed by atoms with van der Waals surface area (Å²) in [5, 5.41) is 0. The molecule has 0 spiro atoms.